The van der Waals surface area contributed by atoms with Gasteiger partial charge in [-0.15, -0.1) is 24.8 Å². The minimum Gasteiger partial charge on any atom is -0.493 e. The van der Waals surface area contributed by atoms with Crippen LogP contribution < -0.4 is 14.8 Å². The number of nitrogens with zero attached hydrogens (tertiary/aromatic N) is 1. The molecule has 0 amide bonds. The molecule has 162 valence electrons. The average Bonchev–Trinajstić information content (AvgIpc) is 2.72. The lowest BCUT2D eigenvalue weighted by Crippen LogP contribution is -2.40. The van der Waals surface area contributed by atoms with E-state index in [2.05, 4.69) is 41.4 Å². The van der Waals surface area contributed by atoms with Crippen LogP contribution in [-0.2, 0) is 17.9 Å². The first-order valence-electron chi connectivity index (χ1n) is 9.61. The second-order valence-corrected chi connectivity index (χ2v) is 6.83. The highest BCUT2D eigenvalue weighted by atomic mass is 35.5. The van der Waals surface area contributed by atoms with Gasteiger partial charge in [0.25, 0.3) is 0 Å². The Morgan fingerprint density at radius 1 is 1.03 bits per heavy atom. The second kappa shape index (κ2) is 13.7. The molecular formula is C22H32Cl2N2O3. The number of morpholine rings is 1. The number of ether oxygens (including phenoxy) is 3. The summed E-state index contributed by atoms with van der Waals surface area (Å²) in [6.07, 6.45) is 0. The van der Waals surface area contributed by atoms with E-state index in [1.54, 1.807) is 7.11 Å². The number of halogens is 2. The molecule has 2 aromatic rings. The summed E-state index contributed by atoms with van der Waals surface area (Å²) in [6, 6.07) is 14.4. The molecule has 0 aromatic heterocycles. The maximum absolute atomic E-state index is 5.99. The highest BCUT2D eigenvalue weighted by Gasteiger charge is 2.10. The first-order chi connectivity index (χ1) is 13.3. The zero-order chi connectivity index (χ0) is 18.9. The third kappa shape index (κ3) is 8.03. The van der Waals surface area contributed by atoms with Gasteiger partial charge in [-0.1, -0.05) is 30.3 Å². The normalized spacial score (nSPS) is 13.9. The van der Waals surface area contributed by atoms with Crippen molar-refractivity contribution >= 4 is 24.8 Å². The number of benzene rings is 2. The number of methoxy groups -OCH3 is 1. The monoisotopic (exact) mass is 442 g/mol. The van der Waals surface area contributed by atoms with Crippen molar-refractivity contribution in [2.75, 3.05) is 46.5 Å². The van der Waals surface area contributed by atoms with E-state index in [1.807, 2.05) is 18.2 Å². The molecule has 1 fully saturated rings. The molecule has 1 saturated heterocycles. The van der Waals surface area contributed by atoms with Gasteiger partial charge in [0.1, 0.15) is 6.61 Å². The molecular weight excluding hydrogens is 411 g/mol. The zero-order valence-electron chi connectivity index (χ0n) is 17.2. The molecule has 1 aliphatic heterocycles. The van der Waals surface area contributed by atoms with E-state index in [-0.39, 0.29) is 24.8 Å². The predicted molar refractivity (Wildman–Crippen MR) is 122 cm³/mol. The van der Waals surface area contributed by atoms with Gasteiger partial charge in [0.2, 0.25) is 0 Å². The van der Waals surface area contributed by atoms with Gasteiger partial charge in [-0.05, 0) is 35.7 Å². The number of aryl methyl sites for hydroxylation is 1. The summed E-state index contributed by atoms with van der Waals surface area (Å²) in [5.74, 6) is 1.55. The lowest BCUT2D eigenvalue weighted by Gasteiger charge is -2.26. The minimum absolute atomic E-state index is 0. The summed E-state index contributed by atoms with van der Waals surface area (Å²) in [5, 5.41) is 3.51. The van der Waals surface area contributed by atoms with Crippen LogP contribution in [0.3, 0.4) is 0 Å². The van der Waals surface area contributed by atoms with Crippen LogP contribution in [-0.4, -0.2) is 51.4 Å². The Bertz CT molecular complexity index is 725. The average molecular weight is 443 g/mol. The summed E-state index contributed by atoms with van der Waals surface area (Å²) < 4.78 is 16.9. The number of rotatable bonds is 9. The maximum atomic E-state index is 5.99. The summed E-state index contributed by atoms with van der Waals surface area (Å²) in [5.41, 5.74) is 3.61. The van der Waals surface area contributed by atoms with Gasteiger partial charge in [-0.3, -0.25) is 4.90 Å². The van der Waals surface area contributed by atoms with Crippen LogP contribution in [0.15, 0.2) is 42.5 Å². The lowest BCUT2D eigenvalue weighted by molar-refractivity contribution is 0.0384. The van der Waals surface area contributed by atoms with Crippen molar-refractivity contribution in [3.63, 3.8) is 0 Å². The van der Waals surface area contributed by atoms with E-state index in [0.29, 0.717) is 6.61 Å². The van der Waals surface area contributed by atoms with Gasteiger partial charge >= 0.3 is 0 Å². The van der Waals surface area contributed by atoms with Crippen molar-refractivity contribution < 1.29 is 14.2 Å². The van der Waals surface area contributed by atoms with E-state index >= 15 is 0 Å². The maximum Gasteiger partial charge on any atom is 0.161 e. The molecule has 0 saturated carbocycles. The van der Waals surface area contributed by atoms with Crippen molar-refractivity contribution in [1.29, 1.82) is 0 Å². The summed E-state index contributed by atoms with van der Waals surface area (Å²) in [6.45, 7) is 9.24. The standard InChI is InChI=1S/C22H30N2O3.2ClH/c1-18-5-3-4-6-20(18)17-27-21-8-7-19(15-22(21)25-2)16-23-9-10-24-11-13-26-14-12-24;;/h3-8,15,23H,9-14,16-17H2,1-2H3;2*1H. The molecule has 29 heavy (non-hydrogen) atoms. The number of nitrogens with one attached hydrogen (secondary N) is 1. The number of hydrogen-bond acceptors (Lipinski definition) is 5. The van der Waals surface area contributed by atoms with Gasteiger partial charge in [0, 0.05) is 32.7 Å². The van der Waals surface area contributed by atoms with Crippen LogP contribution in [0, 0.1) is 6.92 Å². The van der Waals surface area contributed by atoms with Crippen LogP contribution >= 0.6 is 24.8 Å². The third-order valence-electron chi connectivity index (χ3n) is 4.91. The molecule has 0 spiro atoms. The Hall–Kier alpha value is -1.50. The zero-order valence-corrected chi connectivity index (χ0v) is 18.8. The summed E-state index contributed by atoms with van der Waals surface area (Å²) in [7, 11) is 1.69. The first-order valence-corrected chi connectivity index (χ1v) is 9.61. The SMILES string of the molecule is COc1cc(CNCCN2CCOCC2)ccc1OCc1ccccc1C.Cl.Cl. The summed E-state index contributed by atoms with van der Waals surface area (Å²) in [4.78, 5) is 2.43. The van der Waals surface area contributed by atoms with Crippen molar-refractivity contribution in [2.45, 2.75) is 20.1 Å². The van der Waals surface area contributed by atoms with E-state index in [1.165, 1.54) is 16.7 Å². The van der Waals surface area contributed by atoms with Crippen molar-refractivity contribution in [3.8, 4) is 11.5 Å². The fraction of sp³-hybridized carbons (Fsp3) is 0.455. The Morgan fingerprint density at radius 3 is 2.52 bits per heavy atom. The van der Waals surface area contributed by atoms with E-state index < -0.39 is 0 Å². The first kappa shape index (κ1) is 25.5. The van der Waals surface area contributed by atoms with Crippen LogP contribution in [0.25, 0.3) is 0 Å². The summed E-state index contributed by atoms with van der Waals surface area (Å²) >= 11 is 0. The third-order valence-corrected chi connectivity index (χ3v) is 4.91. The molecule has 5 nitrogen and oxygen atoms in total. The molecule has 0 radical (unpaired) electrons. The van der Waals surface area contributed by atoms with Gasteiger partial charge in [-0.25, -0.2) is 0 Å². The molecule has 0 atom stereocenters. The van der Waals surface area contributed by atoms with Gasteiger partial charge in [0.15, 0.2) is 11.5 Å². The van der Waals surface area contributed by atoms with Crippen LogP contribution in [0.1, 0.15) is 16.7 Å². The molecule has 1 N–H and O–H groups in total. The van der Waals surface area contributed by atoms with Gasteiger partial charge in [0.05, 0.1) is 20.3 Å². The molecule has 3 rings (SSSR count). The Labute approximate surface area is 186 Å². The lowest BCUT2D eigenvalue weighted by atomic mass is 10.1. The Kier molecular flexibility index (Phi) is 12.0. The molecule has 0 bridgehead atoms. The molecule has 0 aliphatic carbocycles. The molecule has 7 heteroatoms. The highest BCUT2D eigenvalue weighted by molar-refractivity contribution is 5.85. The molecule has 1 heterocycles. The van der Waals surface area contributed by atoms with Crippen LogP contribution in [0.5, 0.6) is 11.5 Å². The number of hydrogen-bond donors (Lipinski definition) is 1. The van der Waals surface area contributed by atoms with E-state index in [0.717, 1.165) is 57.4 Å². The minimum atomic E-state index is 0. The van der Waals surface area contributed by atoms with Crippen molar-refractivity contribution in [3.05, 3.63) is 59.2 Å². The van der Waals surface area contributed by atoms with Crippen LogP contribution in [0.2, 0.25) is 0 Å². The van der Waals surface area contributed by atoms with E-state index in [4.69, 9.17) is 14.2 Å². The van der Waals surface area contributed by atoms with E-state index in [9.17, 15) is 0 Å². The van der Waals surface area contributed by atoms with Crippen molar-refractivity contribution in [1.82, 2.24) is 10.2 Å². The molecule has 1 aliphatic rings. The fourth-order valence-electron chi connectivity index (χ4n) is 3.16. The predicted octanol–water partition coefficient (Wildman–Crippen LogP) is 3.85. The quantitative estimate of drug-likeness (QED) is 0.597. The smallest absolute Gasteiger partial charge is 0.161 e. The van der Waals surface area contributed by atoms with Gasteiger partial charge in [-0.2, -0.15) is 0 Å². The van der Waals surface area contributed by atoms with Gasteiger partial charge < -0.3 is 19.5 Å². The van der Waals surface area contributed by atoms with Crippen molar-refractivity contribution in [2.24, 2.45) is 0 Å². The second-order valence-electron chi connectivity index (χ2n) is 6.83. The highest BCUT2D eigenvalue weighted by Crippen LogP contribution is 2.29. The topological polar surface area (TPSA) is 43.0 Å². The largest absolute Gasteiger partial charge is 0.493 e. The Morgan fingerprint density at radius 2 is 1.79 bits per heavy atom. The molecule has 0 unspecified atom stereocenters. The molecule has 2 aromatic carbocycles. The Balaban J connectivity index is 0.00000210. The van der Waals surface area contributed by atoms with Crippen LogP contribution in [0.4, 0.5) is 0 Å². The fourth-order valence-corrected chi connectivity index (χ4v) is 3.16.